The Morgan fingerprint density at radius 1 is 1.55 bits per heavy atom. The molecule has 0 saturated carbocycles. The van der Waals surface area contributed by atoms with Crippen molar-refractivity contribution < 1.29 is 4.39 Å². The summed E-state index contributed by atoms with van der Waals surface area (Å²) < 4.78 is 13.5. The second-order valence-electron chi connectivity index (χ2n) is 2.02. The average Bonchev–Trinajstić information content (AvgIpc) is 1.95. The number of hydrogen-bond acceptors (Lipinski definition) is 2. The van der Waals surface area contributed by atoms with E-state index in [1.165, 1.54) is 12.1 Å². The largest absolute Gasteiger partial charge is 0.207 e. The number of halogens is 2. The standard InChI is InChI=1S/C7H5BrFNO/c8-6-2-1-5(4-10-11)7(9)3-6/h1-3H,4H2. The molecular formula is C7H5BrFNO. The van der Waals surface area contributed by atoms with Crippen molar-refractivity contribution in [2.75, 3.05) is 0 Å². The van der Waals surface area contributed by atoms with Gasteiger partial charge < -0.3 is 0 Å². The first kappa shape index (κ1) is 8.33. The van der Waals surface area contributed by atoms with Gasteiger partial charge in [-0.1, -0.05) is 27.2 Å². The first-order chi connectivity index (χ1) is 5.24. The predicted molar refractivity (Wildman–Crippen MR) is 43.6 cm³/mol. The summed E-state index contributed by atoms with van der Waals surface area (Å²) in [7, 11) is 0. The van der Waals surface area contributed by atoms with Crippen molar-refractivity contribution in [3.05, 3.63) is 39.0 Å². The lowest BCUT2D eigenvalue weighted by Crippen LogP contribution is -1.86. The Hall–Kier alpha value is -0.770. The van der Waals surface area contributed by atoms with Gasteiger partial charge in [0.05, 0.1) is 0 Å². The van der Waals surface area contributed by atoms with E-state index in [9.17, 15) is 9.30 Å². The quantitative estimate of drug-likeness (QED) is 0.701. The van der Waals surface area contributed by atoms with Crippen LogP contribution in [0.1, 0.15) is 5.56 Å². The van der Waals surface area contributed by atoms with Gasteiger partial charge >= 0.3 is 0 Å². The van der Waals surface area contributed by atoms with Crippen molar-refractivity contribution in [3.8, 4) is 0 Å². The van der Waals surface area contributed by atoms with Crippen molar-refractivity contribution in [1.29, 1.82) is 0 Å². The van der Waals surface area contributed by atoms with Crippen LogP contribution in [0.4, 0.5) is 4.39 Å². The molecule has 0 unspecified atom stereocenters. The molecule has 0 saturated heterocycles. The Bertz CT molecular complexity index is 277. The van der Waals surface area contributed by atoms with Gasteiger partial charge in [0.1, 0.15) is 12.4 Å². The van der Waals surface area contributed by atoms with Gasteiger partial charge in [-0.25, -0.2) is 4.39 Å². The maximum atomic E-state index is 12.8. The van der Waals surface area contributed by atoms with Crippen molar-refractivity contribution >= 4 is 15.9 Å². The molecule has 0 atom stereocenters. The molecule has 0 radical (unpaired) electrons. The zero-order chi connectivity index (χ0) is 8.27. The molecule has 0 N–H and O–H groups in total. The van der Waals surface area contributed by atoms with E-state index in [1.54, 1.807) is 6.07 Å². The summed E-state index contributed by atoms with van der Waals surface area (Å²) in [6.07, 6.45) is 0. The van der Waals surface area contributed by atoms with E-state index < -0.39 is 5.82 Å². The third-order valence-corrected chi connectivity index (χ3v) is 1.74. The van der Waals surface area contributed by atoms with Crippen LogP contribution >= 0.6 is 15.9 Å². The highest BCUT2D eigenvalue weighted by Gasteiger charge is 2.01. The topological polar surface area (TPSA) is 29.4 Å². The van der Waals surface area contributed by atoms with Gasteiger partial charge in [-0.2, -0.15) is 4.91 Å². The minimum absolute atomic E-state index is 0.112. The molecule has 0 aliphatic carbocycles. The summed E-state index contributed by atoms with van der Waals surface area (Å²) in [6.45, 7) is -0.112. The van der Waals surface area contributed by atoms with Crippen LogP contribution in [0.15, 0.2) is 27.8 Å². The van der Waals surface area contributed by atoms with Gasteiger partial charge in [-0.05, 0) is 12.1 Å². The molecule has 0 heterocycles. The van der Waals surface area contributed by atoms with E-state index in [0.29, 0.717) is 10.0 Å². The van der Waals surface area contributed by atoms with Gasteiger partial charge in [0.25, 0.3) is 0 Å². The zero-order valence-electron chi connectivity index (χ0n) is 5.55. The maximum absolute atomic E-state index is 12.8. The number of nitroso groups, excluding NO2 is 1. The number of benzene rings is 1. The lowest BCUT2D eigenvalue weighted by atomic mass is 10.2. The van der Waals surface area contributed by atoms with E-state index in [1.807, 2.05) is 0 Å². The Kier molecular flexibility index (Phi) is 2.70. The van der Waals surface area contributed by atoms with E-state index in [2.05, 4.69) is 21.1 Å². The number of hydrogen-bond donors (Lipinski definition) is 0. The highest BCUT2D eigenvalue weighted by molar-refractivity contribution is 9.10. The third kappa shape index (κ3) is 2.08. The molecule has 1 aromatic carbocycles. The Balaban J connectivity index is 2.98. The summed E-state index contributed by atoms with van der Waals surface area (Å²) in [4.78, 5) is 9.78. The fraction of sp³-hybridized carbons (Fsp3) is 0.143. The highest BCUT2D eigenvalue weighted by atomic mass is 79.9. The fourth-order valence-electron chi connectivity index (χ4n) is 0.719. The van der Waals surface area contributed by atoms with Gasteiger partial charge in [0.15, 0.2) is 0 Å². The Morgan fingerprint density at radius 2 is 2.27 bits per heavy atom. The van der Waals surface area contributed by atoms with Gasteiger partial charge in [0, 0.05) is 10.0 Å². The molecule has 0 spiro atoms. The number of rotatable bonds is 2. The van der Waals surface area contributed by atoms with Crippen LogP contribution in [0.5, 0.6) is 0 Å². The lowest BCUT2D eigenvalue weighted by Gasteiger charge is -1.96. The molecule has 1 aromatic rings. The molecular weight excluding hydrogens is 213 g/mol. The molecule has 0 aliphatic rings. The second-order valence-corrected chi connectivity index (χ2v) is 2.94. The van der Waals surface area contributed by atoms with E-state index in [0.717, 1.165) is 0 Å². The average molecular weight is 218 g/mol. The molecule has 0 fully saturated rings. The van der Waals surface area contributed by atoms with Crippen LogP contribution in [0.2, 0.25) is 0 Å². The van der Waals surface area contributed by atoms with Crippen LogP contribution in [0.25, 0.3) is 0 Å². The summed E-state index contributed by atoms with van der Waals surface area (Å²) in [5.74, 6) is -0.404. The molecule has 58 valence electrons. The summed E-state index contributed by atoms with van der Waals surface area (Å²) in [5.41, 5.74) is 0.322. The summed E-state index contributed by atoms with van der Waals surface area (Å²) in [5, 5.41) is 2.59. The fourth-order valence-corrected chi connectivity index (χ4v) is 1.05. The van der Waals surface area contributed by atoms with Crippen LogP contribution < -0.4 is 0 Å². The smallest absolute Gasteiger partial charge is 0.129 e. The first-order valence-corrected chi connectivity index (χ1v) is 3.76. The van der Waals surface area contributed by atoms with Crippen molar-refractivity contribution in [2.24, 2.45) is 5.18 Å². The molecule has 2 nitrogen and oxygen atoms in total. The van der Waals surface area contributed by atoms with Gasteiger partial charge in [0.2, 0.25) is 0 Å². The lowest BCUT2D eigenvalue weighted by molar-refractivity contribution is 0.609. The monoisotopic (exact) mass is 217 g/mol. The molecule has 0 aromatic heterocycles. The highest BCUT2D eigenvalue weighted by Crippen LogP contribution is 2.15. The molecule has 11 heavy (non-hydrogen) atoms. The summed E-state index contributed by atoms with van der Waals surface area (Å²) >= 11 is 3.10. The molecule has 4 heteroatoms. The maximum Gasteiger partial charge on any atom is 0.129 e. The molecule has 1 rings (SSSR count). The Labute approximate surface area is 71.5 Å². The van der Waals surface area contributed by atoms with Gasteiger partial charge in [-0.15, -0.1) is 0 Å². The molecule has 0 aliphatic heterocycles. The third-order valence-electron chi connectivity index (χ3n) is 1.25. The van der Waals surface area contributed by atoms with Crippen molar-refractivity contribution in [2.45, 2.75) is 6.54 Å². The molecule has 0 bridgehead atoms. The minimum atomic E-state index is -0.404. The van der Waals surface area contributed by atoms with Gasteiger partial charge in [-0.3, -0.25) is 0 Å². The normalized spacial score (nSPS) is 9.64. The Morgan fingerprint density at radius 3 is 2.82 bits per heavy atom. The predicted octanol–water partition coefficient (Wildman–Crippen LogP) is 2.85. The van der Waals surface area contributed by atoms with E-state index in [-0.39, 0.29) is 6.54 Å². The van der Waals surface area contributed by atoms with Crippen LogP contribution in [0.3, 0.4) is 0 Å². The van der Waals surface area contributed by atoms with Crippen molar-refractivity contribution in [3.63, 3.8) is 0 Å². The summed E-state index contributed by atoms with van der Waals surface area (Å²) in [6, 6.07) is 4.50. The first-order valence-electron chi connectivity index (χ1n) is 2.97. The van der Waals surface area contributed by atoms with E-state index in [4.69, 9.17) is 0 Å². The van der Waals surface area contributed by atoms with Crippen LogP contribution in [-0.4, -0.2) is 0 Å². The SMILES string of the molecule is O=NCc1ccc(Br)cc1F. The second kappa shape index (κ2) is 3.57. The molecule has 0 amide bonds. The van der Waals surface area contributed by atoms with Crippen LogP contribution in [-0.2, 0) is 6.54 Å². The number of nitrogens with zero attached hydrogens (tertiary/aromatic N) is 1. The minimum Gasteiger partial charge on any atom is -0.207 e. The van der Waals surface area contributed by atoms with E-state index >= 15 is 0 Å². The zero-order valence-corrected chi connectivity index (χ0v) is 7.14. The van der Waals surface area contributed by atoms with Crippen LogP contribution in [0, 0.1) is 10.7 Å². The van der Waals surface area contributed by atoms with Crippen molar-refractivity contribution in [1.82, 2.24) is 0 Å².